The number of carbonyl (C=O) groups excluding carboxylic acids is 1. The summed E-state index contributed by atoms with van der Waals surface area (Å²) in [6.45, 7) is 3.06. The number of nitro benzene ring substituents is 1. The lowest BCUT2D eigenvalue weighted by Gasteiger charge is -2.31. The lowest BCUT2D eigenvalue weighted by atomic mass is 9.97. The Labute approximate surface area is 204 Å². The number of sulfone groups is 1. The molecule has 0 aliphatic carbocycles. The molecule has 1 unspecified atom stereocenters. The van der Waals surface area contributed by atoms with E-state index in [0.29, 0.717) is 25.2 Å². The fraction of sp³-hybridized carbons (Fsp3) is 0.320. The van der Waals surface area contributed by atoms with Crippen LogP contribution in [0.1, 0.15) is 36.5 Å². The van der Waals surface area contributed by atoms with E-state index in [-0.39, 0.29) is 12.1 Å². The third-order valence-corrected chi connectivity index (χ3v) is 8.31. The molecule has 2 aromatic rings. The molecule has 2 N–H and O–H groups in total. The van der Waals surface area contributed by atoms with Crippen molar-refractivity contribution in [3.63, 3.8) is 0 Å². The van der Waals surface area contributed by atoms with Crippen molar-refractivity contribution in [1.29, 1.82) is 0 Å². The minimum absolute atomic E-state index is 0.0271. The summed E-state index contributed by atoms with van der Waals surface area (Å²) in [5.41, 5.74) is 5.27. The van der Waals surface area contributed by atoms with Gasteiger partial charge in [-0.3, -0.25) is 25.0 Å². The maximum Gasteiger partial charge on any atom is 0.269 e. The molecule has 1 heterocycles. The standard InChI is InChI=1S/C25H27N3O6S/c1-25(24(29)26-30,35(2,33)34)15-18-27-16-13-22(14-17-27)21-9-5-19(6-10-21)3-4-20-7-11-23(12-8-20)28(31)32/h5-13,30H,14-18H2,1-2H3,(H,26,29). The molecule has 35 heavy (non-hydrogen) atoms. The topological polar surface area (TPSA) is 130 Å². The van der Waals surface area contributed by atoms with Crippen molar-refractivity contribution in [3.05, 3.63) is 81.4 Å². The Morgan fingerprint density at radius 2 is 1.71 bits per heavy atom. The summed E-state index contributed by atoms with van der Waals surface area (Å²) in [5.74, 6) is 5.13. The van der Waals surface area contributed by atoms with E-state index in [4.69, 9.17) is 5.21 Å². The van der Waals surface area contributed by atoms with Crippen LogP contribution >= 0.6 is 0 Å². The van der Waals surface area contributed by atoms with Crippen LogP contribution < -0.4 is 5.48 Å². The lowest BCUT2D eigenvalue weighted by Crippen LogP contribution is -2.51. The molecule has 0 saturated carbocycles. The van der Waals surface area contributed by atoms with E-state index >= 15 is 0 Å². The fourth-order valence-electron chi connectivity index (χ4n) is 3.71. The van der Waals surface area contributed by atoms with Gasteiger partial charge in [0.25, 0.3) is 11.6 Å². The molecule has 0 spiro atoms. The highest BCUT2D eigenvalue weighted by Crippen LogP contribution is 2.25. The number of nitro groups is 1. The number of non-ortho nitro benzene ring substituents is 1. The van der Waals surface area contributed by atoms with Crippen LogP contribution in [0.3, 0.4) is 0 Å². The molecule has 1 amide bonds. The molecule has 0 bridgehead atoms. The highest BCUT2D eigenvalue weighted by atomic mass is 32.2. The normalized spacial score (nSPS) is 15.8. The third-order valence-electron chi connectivity index (χ3n) is 6.28. The van der Waals surface area contributed by atoms with Gasteiger partial charge in [0.1, 0.15) is 0 Å². The van der Waals surface area contributed by atoms with Crippen LogP contribution in [-0.4, -0.2) is 60.0 Å². The lowest BCUT2D eigenvalue weighted by molar-refractivity contribution is -0.384. The van der Waals surface area contributed by atoms with E-state index in [2.05, 4.69) is 22.8 Å². The summed E-state index contributed by atoms with van der Waals surface area (Å²) in [6.07, 6.45) is 3.93. The number of rotatable bonds is 7. The number of hydrogen-bond acceptors (Lipinski definition) is 7. The van der Waals surface area contributed by atoms with Gasteiger partial charge in [-0.15, -0.1) is 0 Å². The molecule has 10 heteroatoms. The maximum atomic E-state index is 12.1. The minimum atomic E-state index is -3.71. The number of nitrogens with zero attached hydrogens (tertiary/aromatic N) is 2. The molecule has 2 aromatic carbocycles. The van der Waals surface area contributed by atoms with Crippen molar-refractivity contribution < 1.29 is 23.3 Å². The van der Waals surface area contributed by atoms with Gasteiger partial charge in [0.05, 0.1) is 4.92 Å². The Hall–Kier alpha value is -3.52. The Morgan fingerprint density at radius 1 is 1.14 bits per heavy atom. The average Bonchev–Trinajstić information content (AvgIpc) is 2.85. The monoisotopic (exact) mass is 497 g/mol. The number of benzene rings is 2. The molecule has 1 atom stereocenters. The zero-order valence-electron chi connectivity index (χ0n) is 19.5. The van der Waals surface area contributed by atoms with Crippen LogP contribution in [0.5, 0.6) is 0 Å². The molecule has 9 nitrogen and oxygen atoms in total. The van der Waals surface area contributed by atoms with Gasteiger partial charge in [0.15, 0.2) is 14.6 Å². The first-order valence-corrected chi connectivity index (χ1v) is 12.8. The van der Waals surface area contributed by atoms with Gasteiger partial charge < -0.3 is 0 Å². The summed E-state index contributed by atoms with van der Waals surface area (Å²) in [5, 5.41) is 19.7. The Kier molecular flexibility index (Phi) is 8.07. The van der Waals surface area contributed by atoms with E-state index in [9.17, 15) is 23.3 Å². The zero-order valence-corrected chi connectivity index (χ0v) is 20.3. The Balaban J connectivity index is 1.60. The highest BCUT2D eigenvalue weighted by Gasteiger charge is 2.43. The first-order chi connectivity index (χ1) is 16.5. The van der Waals surface area contributed by atoms with Crippen molar-refractivity contribution >= 4 is 27.0 Å². The van der Waals surface area contributed by atoms with E-state index in [0.717, 1.165) is 23.8 Å². The van der Waals surface area contributed by atoms with E-state index in [1.54, 1.807) is 12.1 Å². The summed E-state index contributed by atoms with van der Waals surface area (Å²) in [6, 6.07) is 13.9. The number of nitrogens with one attached hydrogen (secondary N) is 1. The first kappa shape index (κ1) is 26.1. The van der Waals surface area contributed by atoms with Crippen LogP contribution in [0, 0.1) is 22.0 Å². The summed E-state index contributed by atoms with van der Waals surface area (Å²) in [7, 11) is -3.71. The third kappa shape index (κ3) is 6.33. The second-order valence-electron chi connectivity index (χ2n) is 8.61. The average molecular weight is 498 g/mol. The van der Waals surface area contributed by atoms with Crippen molar-refractivity contribution in [2.24, 2.45) is 0 Å². The van der Waals surface area contributed by atoms with Gasteiger partial charge in [-0.05, 0) is 55.2 Å². The number of amides is 1. The van der Waals surface area contributed by atoms with Gasteiger partial charge in [0, 0.05) is 49.1 Å². The Bertz CT molecular complexity index is 1290. The maximum absolute atomic E-state index is 12.1. The van der Waals surface area contributed by atoms with Gasteiger partial charge >= 0.3 is 0 Å². The molecule has 3 rings (SSSR count). The molecule has 1 aliphatic rings. The number of hydrogen-bond donors (Lipinski definition) is 2. The molecule has 184 valence electrons. The number of hydroxylamine groups is 1. The largest absolute Gasteiger partial charge is 0.299 e. The SMILES string of the molecule is CC(CCN1CC=C(c2ccc(C#Cc3ccc([N+](=O)[O-])cc3)cc2)CC1)(C(=O)NO)S(C)(=O)=O. The van der Waals surface area contributed by atoms with Gasteiger partial charge in [-0.1, -0.05) is 30.0 Å². The first-order valence-electron chi connectivity index (χ1n) is 11.0. The van der Waals surface area contributed by atoms with Gasteiger partial charge in [0.2, 0.25) is 0 Å². The molecule has 0 fully saturated rings. The van der Waals surface area contributed by atoms with Crippen LogP contribution in [0.15, 0.2) is 54.6 Å². The molecular formula is C25H27N3O6S. The highest BCUT2D eigenvalue weighted by molar-refractivity contribution is 7.92. The molecule has 0 radical (unpaired) electrons. The van der Waals surface area contributed by atoms with Gasteiger partial charge in [-0.2, -0.15) is 0 Å². The Morgan fingerprint density at radius 3 is 2.17 bits per heavy atom. The van der Waals surface area contributed by atoms with Crippen molar-refractivity contribution in [2.45, 2.75) is 24.5 Å². The van der Waals surface area contributed by atoms with E-state index in [1.165, 1.54) is 30.1 Å². The molecule has 0 aromatic heterocycles. The smallest absolute Gasteiger partial charge is 0.269 e. The quantitative estimate of drug-likeness (QED) is 0.260. The summed E-state index contributed by atoms with van der Waals surface area (Å²) in [4.78, 5) is 24.3. The van der Waals surface area contributed by atoms with Crippen LogP contribution in [-0.2, 0) is 14.6 Å². The van der Waals surface area contributed by atoms with Crippen molar-refractivity contribution in [1.82, 2.24) is 10.4 Å². The van der Waals surface area contributed by atoms with Crippen LogP contribution in [0.4, 0.5) is 5.69 Å². The van der Waals surface area contributed by atoms with Gasteiger partial charge in [-0.25, -0.2) is 13.9 Å². The second kappa shape index (κ2) is 10.8. The van der Waals surface area contributed by atoms with Crippen molar-refractivity contribution in [3.8, 4) is 11.8 Å². The van der Waals surface area contributed by atoms with Crippen LogP contribution in [0.25, 0.3) is 5.57 Å². The molecule has 1 aliphatic heterocycles. The predicted molar refractivity (Wildman–Crippen MR) is 132 cm³/mol. The van der Waals surface area contributed by atoms with E-state index in [1.807, 2.05) is 24.3 Å². The van der Waals surface area contributed by atoms with Crippen molar-refractivity contribution in [2.75, 3.05) is 25.9 Å². The second-order valence-corrected chi connectivity index (χ2v) is 11.1. The minimum Gasteiger partial charge on any atom is -0.299 e. The summed E-state index contributed by atoms with van der Waals surface area (Å²) >= 11 is 0. The zero-order chi connectivity index (χ0) is 25.6. The predicted octanol–water partition coefficient (Wildman–Crippen LogP) is 2.78. The van der Waals surface area contributed by atoms with E-state index < -0.39 is 25.4 Å². The summed E-state index contributed by atoms with van der Waals surface area (Å²) < 4.78 is 22.5. The molecule has 0 saturated heterocycles. The number of carbonyl (C=O) groups is 1. The fourth-order valence-corrected chi connectivity index (χ4v) is 4.56. The molecular weight excluding hydrogens is 470 g/mol. The van der Waals surface area contributed by atoms with Crippen LogP contribution in [0.2, 0.25) is 0 Å².